The molecule has 1 amide bonds. The molecule has 1 aliphatic heterocycles. The highest BCUT2D eigenvalue weighted by Crippen LogP contribution is 2.21. The third-order valence-electron chi connectivity index (χ3n) is 2.61. The van der Waals surface area contributed by atoms with E-state index in [1.807, 2.05) is 6.92 Å². The molecule has 1 aliphatic rings. The van der Waals surface area contributed by atoms with Crippen molar-refractivity contribution in [3.8, 4) is 0 Å². The van der Waals surface area contributed by atoms with Gasteiger partial charge in [-0.25, -0.2) is 4.79 Å². The predicted octanol–water partition coefficient (Wildman–Crippen LogP) is 0.786. The lowest BCUT2D eigenvalue weighted by atomic mass is 9.86. The second-order valence-corrected chi connectivity index (χ2v) is 3.31. The number of hydrogen-bond acceptors (Lipinski definition) is 2. The van der Waals surface area contributed by atoms with Crippen molar-refractivity contribution in [2.75, 3.05) is 13.1 Å². The lowest BCUT2D eigenvalue weighted by Gasteiger charge is -2.36. The third-order valence-corrected chi connectivity index (χ3v) is 2.61. The van der Waals surface area contributed by atoms with E-state index in [0.717, 1.165) is 32.4 Å². The Morgan fingerprint density at radius 2 is 2.17 bits per heavy atom. The molecular formula is C8H16N2O2. The molecule has 4 heteroatoms. The number of piperidine rings is 1. The first-order valence-corrected chi connectivity index (χ1v) is 4.40. The number of amides is 1. The molecule has 0 spiro atoms. The summed E-state index contributed by atoms with van der Waals surface area (Å²) >= 11 is 0. The summed E-state index contributed by atoms with van der Waals surface area (Å²) in [5, 5.41) is 14.5. The predicted molar refractivity (Wildman–Crippen MR) is 46.3 cm³/mol. The van der Waals surface area contributed by atoms with Crippen LogP contribution in [0, 0.1) is 0 Å². The van der Waals surface area contributed by atoms with Gasteiger partial charge in [-0.2, -0.15) is 0 Å². The fourth-order valence-electron chi connectivity index (χ4n) is 1.70. The van der Waals surface area contributed by atoms with Crippen molar-refractivity contribution >= 4 is 6.09 Å². The minimum absolute atomic E-state index is 0.170. The van der Waals surface area contributed by atoms with E-state index in [2.05, 4.69) is 10.6 Å². The largest absolute Gasteiger partial charge is 0.465 e. The molecule has 0 bridgehead atoms. The summed E-state index contributed by atoms with van der Waals surface area (Å²) in [7, 11) is 0. The molecule has 0 unspecified atom stereocenters. The fraction of sp³-hybridized carbons (Fsp3) is 0.875. The van der Waals surface area contributed by atoms with Crippen LogP contribution in [-0.2, 0) is 0 Å². The van der Waals surface area contributed by atoms with Crippen molar-refractivity contribution in [3.63, 3.8) is 0 Å². The van der Waals surface area contributed by atoms with Gasteiger partial charge in [0.2, 0.25) is 0 Å². The molecule has 1 rings (SSSR count). The molecule has 0 saturated carbocycles. The fourth-order valence-corrected chi connectivity index (χ4v) is 1.70. The first kappa shape index (κ1) is 9.32. The van der Waals surface area contributed by atoms with Gasteiger partial charge in [-0.05, 0) is 32.4 Å². The highest BCUT2D eigenvalue weighted by molar-refractivity contribution is 5.65. The molecule has 1 saturated heterocycles. The van der Waals surface area contributed by atoms with E-state index in [1.165, 1.54) is 0 Å². The maximum atomic E-state index is 10.5. The Bertz CT molecular complexity index is 164. The highest BCUT2D eigenvalue weighted by atomic mass is 16.4. The summed E-state index contributed by atoms with van der Waals surface area (Å²) in [5.74, 6) is 0. The van der Waals surface area contributed by atoms with Crippen LogP contribution in [0.15, 0.2) is 0 Å². The zero-order chi connectivity index (χ0) is 9.03. The van der Waals surface area contributed by atoms with Crippen LogP contribution in [0.25, 0.3) is 0 Å². The minimum atomic E-state index is -0.904. The lowest BCUT2D eigenvalue weighted by Crippen LogP contribution is -2.53. The van der Waals surface area contributed by atoms with Gasteiger partial charge in [0.25, 0.3) is 0 Å². The van der Waals surface area contributed by atoms with Crippen molar-refractivity contribution in [3.05, 3.63) is 0 Å². The molecule has 0 atom stereocenters. The molecule has 1 fully saturated rings. The van der Waals surface area contributed by atoms with Gasteiger partial charge in [0.15, 0.2) is 0 Å². The number of rotatable bonds is 2. The van der Waals surface area contributed by atoms with Crippen molar-refractivity contribution in [2.24, 2.45) is 0 Å². The summed E-state index contributed by atoms with van der Waals surface area (Å²) in [4.78, 5) is 10.5. The molecule has 4 nitrogen and oxygen atoms in total. The molecule has 1 heterocycles. The second-order valence-electron chi connectivity index (χ2n) is 3.31. The number of carbonyl (C=O) groups is 1. The Labute approximate surface area is 72.3 Å². The molecule has 0 aromatic rings. The Balaban J connectivity index is 2.53. The van der Waals surface area contributed by atoms with Crippen LogP contribution >= 0.6 is 0 Å². The Hall–Kier alpha value is -0.770. The highest BCUT2D eigenvalue weighted by Gasteiger charge is 2.31. The minimum Gasteiger partial charge on any atom is -0.465 e. The van der Waals surface area contributed by atoms with E-state index in [0.29, 0.717) is 0 Å². The van der Waals surface area contributed by atoms with Crippen molar-refractivity contribution < 1.29 is 9.90 Å². The van der Waals surface area contributed by atoms with Crippen LogP contribution in [-0.4, -0.2) is 29.8 Å². The van der Waals surface area contributed by atoms with Gasteiger partial charge in [-0.3, -0.25) is 0 Å². The van der Waals surface area contributed by atoms with Gasteiger partial charge in [0.05, 0.1) is 0 Å². The zero-order valence-corrected chi connectivity index (χ0v) is 7.39. The average Bonchev–Trinajstić information content (AvgIpc) is 2.05. The summed E-state index contributed by atoms with van der Waals surface area (Å²) in [6.07, 6.45) is 1.77. The Morgan fingerprint density at radius 1 is 1.58 bits per heavy atom. The van der Waals surface area contributed by atoms with Gasteiger partial charge in [0, 0.05) is 5.54 Å². The molecule has 0 radical (unpaired) electrons. The topological polar surface area (TPSA) is 61.4 Å². The van der Waals surface area contributed by atoms with E-state index in [4.69, 9.17) is 5.11 Å². The molecule has 0 aromatic heterocycles. The van der Waals surface area contributed by atoms with Crippen LogP contribution in [0.3, 0.4) is 0 Å². The second kappa shape index (κ2) is 3.76. The van der Waals surface area contributed by atoms with Crippen LogP contribution < -0.4 is 10.6 Å². The van der Waals surface area contributed by atoms with E-state index in [1.54, 1.807) is 0 Å². The smallest absolute Gasteiger partial charge is 0.405 e. The monoisotopic (exact) mass is 172 g/mol. The SMILES string of the molecule is CCC1(NC(=O)O)CCNCC1. The third kappa shape index (κ3) is 2.11. The Morgan fingerprint density at radius 3 is 2.58 bits per heavy atom. The molecule has 0 aliphatic carbocycles. The molecule has 70 valence electrons. The van der Waals surface area contributed by atoms with Gasteiger partial charge in [-0.15, -0.1) is 0 Å². The van der Waals surface area contributed by atoms with Gasteiger partial charge in [0.1, 0.15) is 0 Å². The van der Waals surface area contributed by atoms with Gasteiger partial charge in [-0.1, -0.05) is 6.92 Å². The van der Waals surface area contributed by atoms with Crippen molar-refractivity contribution in [2.45, 2.75) is 31.7 Å². The van der Waals surface area contributed by atoms with E-state index < -0.39 is 6.09 Å². The summed E-state index contributed by atoms with van der Waals surface area (Å²) in [5.41, 5.74) is -0.170. The van der Waals surface area contributed by atoms with E-state index in [-0.39, 0.29) is 5.54 Å². The summed E-state index contributed by atoms with van der Waals surface area (Å²) in [6, 6.07) is 0. The van der Waals surface area contributed by atoms with Crippen molar-refractivity contribution in [1.29, 1.82) is 0 Å². The van der Waals surface area contributed by atoms with Gasteiger partial charge < -0.3 is 15.7 Å². The van der Waals surface area contributed by atoms with E-state index >= 15 is 0 Å². The standard InChI is InChI=1S/C8H16N2O2/c1-2-8(10-7(11)12)3-5-9-6-4-8/h9-10H,2-6H2,1H3,(H,11,12). The normalized spacial score (nSPS) is 21.8. The molecular weight excluding hydrogens is 156 g/mol. The van der Waals surface area contributed by atoms with Gasteiger partial charge >= 0.3 is 6.09 Å². The quantitative estimate of drug-likeness (QED) is 0.577. The zero-order valence-electron chi connectivity index (χ0n) is 7.39. The number of nitrogens with one attached hydrogen (secondary N) is 2. The summed E-state index contributed by atoms with van der Waals surface area (Å²) < 4.78 is 0. The first-order valence-electron chi connectivity index (χ1n) is 4.40. The molecule has 3 N–H and O–H groups in total. The van der Waals surface area contributed by atoms with Crippen LogP contribution in [0.4, 0.5) is 4.79 Å². The van der Waals surface area contributed by atoms with Crippen LogP contribution in [0.5, 0.6) is 0 Å². The maximum absolute atomic E-state index is 10.5. The molecule has 12 heavy (non-hydrogen) atoms. The number of carboxylic acid groups (broad SMARTS) is 1. The maximum Gasteiger partial charge on any atom is 0.405 e. The first-order chi connectivity index (χ1) is 5.68. The van der Waals surface area contributed by atoms with Crippen LogP contribution in [0.1, 0.15) is 26.2 Å². The lowest BCUT2D eigenvalue weighted by molar-refractivity contribution is 0.163. The number of hydrogen-bond donors (Lipinski definition) is 3. The van der Waals surface area contributed by atoms with E-state index in [9.17, 15) is 4.79 Å². The average molecular weight is 172 g/mol. The summed E-state index contributed by atoms with van der Waals surface area (Å²) in [6.45, 7) is 3.85. The molecule has 0 aromatic carbocycles. The van der Waals surface area contributed by atoms with Crippen LogP contribution in [0.2, 0.25) is 0 Å². The van der Waals surface area contributed by atoms with Crippen molar-refractivity contribution in [1.82, 2.24) is 10.6 Å². The Kier molecular flexibility index (Phi) is 2.92.